The lowest BCUT2D eigenvalue weighted by Gasteiger charge is -2.28. The van der Waals surface area contributed by atoms with Gasteiger partial charge in [-0.25, -0.2) is 4.79 Å². The minimum Gasteiger partial charge on any atom is -0.508 e. The van der Waals surface area contributed by atoms with Crippen molar-refractivity contribution >= 4 is 16.8 Å². The first kappa shape index (κ1) is 20.9. The van der Waals surface area contributed by atoms with E-state index in [4.69, 9.17) is 9.15 Å². The molecule has 0 bridgehead atoms. The second-order valence-corrected chi connectivity index (χ2v) is 8.40. The van der Waals surface area contributed by atoms with Gasteiger partial charge in [-0.05, 0) is 58.7 Å². The molecule has 154 valence electrons. The Morgan fingerprint density at radius 3 is 2.69 bits per heavy atom. The van der Waals surface area contributed by atoms with Gasteiger partial charge in [0.05, 0.1) is 10.9 Å². The summed E-state index contributed by atoms with van der Waals surface area (Å²) in [6, 6.07) is 4.70. The topological polar surface area (TPSA) is 76.7 Å². The number of phenolic OH excluding ortho intramolecular Hbond substituents is 1. The Balaban J connectivity index is 1.79. The number of aromatic hydroxyl groups is 1. The molecule has 1 aromatic carbocycles. The number of carbonyl (C=O) groups excluding carboxylic acids is 1. The monoisotopic (exact) mass is 396 g/mol. The summed E-state index contributed by atoms with van der Waals surface area (Å²) in [5.74, 6) is 0.562. The Labute approximate surface area is 170 Å². The fourth-order valence-corrected chi connectivity index (χ4v) is 3.88. The van der Waals surface area contributed by atoms with E-state index in [1.165, 1.54) is 6.07 Å². The van der Waals surface area contributed by atoms with Gasteiger partial charge in [0.25, 0.3) is 0 Å². The minimum atomic E-state index is -0.552. The zero-order chi connectivity index (χ0) is 21.3. The molecule has 1 aromatic heterocycles. The van der Waals surface area contributed by atoms with Crippen LogP contribution >= 0.6 is 0 Å². The molecule has 5 nitrogen and oxygen atoms in total. The number of benzene rings is 1. The molecule has 0 saturated carbocycles. The van der Waals surface area contributed by atoms with Gasteiger partial charge in [-0.1, -0.05) is 24.1 Å². The zero-order valence-electron chi connectivity index (χ0n) is 17.7. The Hall–Kier alpha value is -2.82. The average molecular weight is 396 g/mol. The van der Waals surface area contributed by atoms with Gasteiger partial charge in [-0.2, -0.15) is 0 Å². The highest BCUT2D eigenvalue weighted by Crippen LogP contribution is 2.48. The van der Waals surface area contributed by atoms with Crippen molar-refractivity contribution in [2.45, 2.75) is 65.4 Å². The first-order valence-corrected chi connectivity index (χ1v) is 9.93. The number of phenols is 1. The predicted molar refractivity (Wildman–Crippen MR) is 114 cm³/mol. The van der Waals surface area contributed by atoms with E-state index in [-0.39, 0.29) is 17.5 Å². The highest BCUT2D eigenvalue weighted by Gasteiger charge is 2.44. The van der Waals surface area contributed by atoms with Crippen LogP contribution in [-0.2, 0) is 4.79 Å². The van der Waals surface area contributed by atoms with Gasteiger partial charge in [0, 0.05) is 18.4 Å². The molecule has 0 fully saturated rings. The van der Waals surface area contributed by atoms with Crippen molar-refractivity contribution in [3.05, 3.63) is 57.5 Å². The fourth-order valence-electron chi connectivity index (χ4n) is 3.88. The van der Waals surface area contributed by atoms with Crippen LogP contribution in [0.25, 0.3) is 11.0 Å². The van der Waals surface area contributed by atoms with Crippen LogP contribution in [0.5, 0.6) is 11.5 Å². The molecule has 0 spiro atoms. The van der Waals surface area contributed by atoms with Crippen molar-refractivity contribution in [1.82, 2.24) is 0 Å². The lowest BCUT2D eigenvalue weighted by atomic mass is 9.84. The van der Waals surface area contributed by atoms with Crippen molar-refractivity contribution in [2.75, 3.05) is 0 Å². The zero-order valence-corrected chi connectivity index (χ0v) is 17.7. The molecular weight excluding hydrogens is 368 g/mol. The maximum Gasteiger partial charge on any atom is 0.343 e. The third-order valence-corrected chi connectivity index (χ3v) is 5.60. The van der Waals surface area contributed by atoms with E-state index < -0.39 is 11.2 Å². The summed E-state index contributed by atoms with van der Waals surface area (Å²) in [5.41, 5.74) is 1.92. The van der Waals surface area contributed by atoms with E-state index in [9.17, 15) is 14.7 Å². The Morgan fingerprint density at radius 2 is 2.00 bits per heavy atom. The van der Waals surface area contributed by atoms with Crippen LogP contribution in [-0.4, -0.2) is 16.5 Å². The quantitative estimate of drug-likeness (QED) is 0.402. The number of rotatable bonds is 6. The normalized spacial score (nSPS) is 21.0. The van der Waals surface area contributed by atoms with Crippen molar-refractivity contribution < 1.29 is 19.1 Å². The third kappa shape index (κ3) is 4.29. The fraction of sp³-hybridized carbons (Fsp3) is 0.417. The Kier molecular flexibility index (Phi) is 5.69. The van der Waals surface area contributed by atoms with E-state index in [1.807, 2.05) is 34.6 Å². The molecule has 0 unspecified atom stereocenters. The summed E-state index contributed by atoms with van der Waals surface area (Å²) in [6.07, 6.45) is 5.60. The molecular formula is C24H28O5. The molecule has 1 aliphatic heterocycles. The summed E-state index contributed by atoms with van der Waals surface area (Å²) in [5, 5.41) is 10.4. The average Bonchev–Trinajstić information content (AvgIpc) is 2.86. The summed E-state index contributed by atoms with van der Waals surface area (Å²) in [4.78, 5) is 24.5. The van der Waals surface area contributed by atoms with Crippen LogP contribution in [0.4, 0.5) is 0 Å². The second kappa shape index (κ2) is 7.90. The van der Waals surface area contributed by atoms with Crippen molar-refractivity contribution in [1.29, 1.82) is 0 Å². The summed E-state index contributed by atoms with van der Waals surface area (Å²) < 4.78 is 11.7. The molecule has 0 saturated heterocycles. The van der Waals surface area contributed by atoms with Crippen LogP contribution in [0.2, 0.25) is 0 Å². The van der Waals surface area contributed by atoms with Crippen LogP contribution in [0.3, 0.4) is 0 Å². The number of ketones is 1. The summed E-state index contributed by atoms with van der Waals surface area (Å²) in [7, 11) is 0. The molecule has 1 aliphatic rings. The largest absolute Gasteiger partial charge is 0.508 e. The maximum atomic E-state index is 12.5. The summed E-state index contributed by atoms with van der Waals surface area (Å²) in [6.45, 7) is 9.76. The molecule has 0 aliphatic carbocycles. The number of carbonyl (C=O) groups is 1. The van der Waals surface area contributed by atoms with Crippen LogP contribution < -0.4 is 10.4 Å². The number of hydrogen-bond acceptors (Lipinski definition) is 5. The lowest BCUT2D eigenvalue weighted by Crippen LogP contribution is -2.33. The smallest absolute Gasteiger partial charge is 0.343 e. The van der Waals surface area contributed by atoms with Gasteiger partial charge in [0.2, 0.25) is 0 Å². The van der Waals surface area contributed by atoms with Crippen LogP contribution in [0, 0.1) is 0 Å². The highest BCUT2D eigenvalue weighted by molar-refractivity contribution is 5.91. The molecule has 5 heteroatoms. The van der Waals surface area contributed by atoms with Gasteiger partial charge in [-0.15, -0.1) is 0 Å². The minimum absolute atomic E-state index is 0.0395. The van der Waals surface area contributed by atoms with E-state index >= 15 is 0 Å². The molecule has 1 N–H and O–H groups in total. The molecule has 29 heavy (non-hydrogen) atoms. The van der Waals surface area contributed by atoms with Gasteiger partial charge in [0.1, 0.15) is 22.7 Å². The van der Waals surface area contributed by atoms with Gasteiger partial charge < -0.3 is 14.3 Å². The highest BCUT2D eigenvalue weighted by atomic mass is 16.5. The Morgan fingerprint density at radius 1 is 1.28 bits per heavy atom. The molecule has 2 heterocycles. The first-order chi connectivity index (χ1) is 13.6. The van der Waals surface area contributed by atoms with E-state index in [2.05, 4.69) is 6.08 Å². The molecule has 0 radical (unpaired) electrons. The second-order valence-electron chi connectivity index (χ2n) is 8.40. The Bertz CT molecular complexity index is 1070. The maximum absolute atomic E-state index is 12.5. The molecule has 2 atom stereocenters. The van der Waals surface area contributed by atoms with Crippen molar-refractivity contribution in [3.8, 4) is 11.5 Å². The SMILES string of the molecule is CC(C)=CC(=O)CC(C)=CCC[C@@]1(C)Oc2c(c(=O)oc3cc(O)ccc23)[C@@H]1C. The molecule has 0 amide bonds. The first-order valence-electron chi connectivity index (χ1n) is 9.93. The third-order valence-electron chi connectivity index (χ3n) is 5.60. The van der Waals surface area contributed by atoms with Crippen molar-refractivity contribution in [3.63, 3.8) is 0 Å². The van der Waals surface area contributed by atoms with E-state index in [1.54, 1.807) is 18.2 Å². The molecule has 3 rings (SSSR count). The number of hydrogen-bond donors (Lipinski definition) is 1. The lowest BCUT2D eigenvalue weighted by molar-refractivity contribution is -0.114. The number of fused-ring (bicyclic) bond motifs is 3. The number of allylic oxidation sites excluding steroid dienone is 4. The predicted octanol–water partition coefficient (Wildman–Crippen LogP) is 5.41. The number of ether oxygens (including phenoxy) is 1. The van der Waals surface area contributed by atoms with Crippen LogP contribution in [0.1, 0.15) is 65.4 Å². The van der Waals surface area contributed by atoms with E-state index in [0.29, 0.717) is 35.1 Å². The van der Waals surface area contributed by atoms with Gasteiger partial charge >= 0.3 is 5.63 Å². The van der Waals surface area contributed by atoms with Gasteiger partial charge in [0.15, 0.2) is 5.78 Å². The standard InChI is InChI=1S/C24H28O5/c1-14(2)11-18(26)12-15(3)7-6-10-24(5)16(4)21-22(29-24)19-9-8-17(25)13-20(19)28-23(21)27/h7-9,11,13,16,25H,6,10,12H2,1-5H3/t16-,24+/m0/s1. The van der Waals surface area contributed by atoms with Gasteiger partial charge in [-0.3, -0.25) is 4.79 Å². The summed E-state index contributed by atoms with van der Waals surface area (Å²) >= 11 is 0. The molecule has 2 aromatic rings. The van der Waals surface area contributed by atoms with Crippen molar-refractivity contribution in [2.24, 2.45) is 0 Å². The van der Waals surface area contributed by atoms with Crippen LogP contribution in [0.15, 0.2) is 50.7 Å². The van der Waals surface area contributed by atoms with E-state index in [0.717, 1.165) is 17.6 Å².